The maximum atomic E-state index is 11.4. The Kier molecular flexibility index (Phi) is 5.84. The Balaban J connectivity index is 1.99. The van der Waals surface area contributed by atoms with Gasteiger partial charge in [-0.05, 0) is 37.3 Å². The summed E-state index contributed by atoms with van der Waals surface area (Å²) in [5, 5.41) is 0. The summed E-state index contributed by atoms with van der Waals surface area (Å²) >= 11 is 0. The molecule has 1 heterocycles. The summed E-state index contributed by atoms with van der Waals surface area (Å²) in [6, 6.07) is 10.3. The number of carbonyl (C=O) groups is 1. The van der Waals surface area contributed by atoms with Gasteiger partial charge in [-0.15, -0.1) is 0 Å². The summed E-state index contributed by atoms with van der Waals surface area (Å²) in [6.45, 7) is 3.28. The predicted octanol–water partition coefficient (Wildman–Crippen LogP) is 4.74. The number of hydrogen-bond acceptors (Lipinski definition) is 4. The van der Waals surface area contributed by atoms with Crippen LogP contribution in [0.3, 0.4) is 0 Å². The number of benzene rings is 1. The van der Waals surface area contributed by atoms with E-state index < -0.39 is 18.9 Å². The number of hydrogen-bond donors (Lipinski definition) is 0. The van der Waals surface area contributed by atoms with Crippen LogP contribution in [-0.4, -0.2) is 13.3 Å². The molecular formula is C20H27BO4. The van der Waals surface area contributed by atoms with Gasteiger partial charge < -0.3 is 14.0 Å². The maximum Gasteiger partial charge on any atom is 0.790 e. The molecule has 4 nitrogen and oxygen atoms in total. The second-order valence-electron chi connectivity index (χ2n) is 7.09. The Morgan fingerprint density at radius 3 is 2.40 bits per heavy atom. The van der Waals surface area contributed by atoms with E-state index in [2.05, 4.69) is 18.2 Å². The zero-order chi connectivity index (χ0) is 17.7. The average molecular weight is 342 g/mol. The molecule has 0 spiro atoms. The van der Waals surface area contributed by atoms with Crippen LogP contribution in [-0.2, 0) is 24.4 Å². The summed E-state index contributed by atoms with van der Waals surface area (Å²) in [5.41, 5.74) is 0.488. The Hall–Kier alpha value is -1.75. The van der Waals surface area contributed by atoms with Crippen LogP contribution >= 0.6 is 0 Å². The molecule has 1 atom stereocenters. The van der Waals surface area contributed by atoms with E-state index in [0.717, 1.165) is 24.2 Å². The molecule has 1 aliphatic heterocycles. The van der Waals surface area contributed by atoms with Crippen LogP contribution in [0.5, 0.6) is 0 Å². The van der Waals surface area contributed by atoms with Gasteiger partial charge in [0.05, 0.1) is 5.76 Å². The molecule has 1 saturated carbocycles. The minimum absolute atomic E-state index is 0.340. The van der Waals surface area contributed by atoms with Crippen LogP contribution < -0.4 is 0 Å². The van der Waals surface area contributed by atoms with E-state index in [4.69, 9.17) is 14.0 Å². The molecule has 1 aliphatic carbocycles. The first kappa shape index (κ1) is 18.1. The highest BCUT2D eigenvalue weighted by Crippen LogP contribution is 2.45. The zero-order valence-corrected chi connectivity index (χ0v) is 15.2. The van der Waals surface area contributed by atoms with E-state index in [1.807, 2.05) is 25.1 Å². The van der Waals surface area contributed by atoms with E-state index in [1.54, 1.807) is 0 Å². The second kappa shape index (κ2) is 8.09. The molecule has 1 fully saturated rings. The van der Waals surface area contributed by atoms with Crippen LogP contribution in [0.15, 0.2) is 42.2 Å². The SMILES string of the molecule is CC(=O)OB1OC(C)=CC(c2ccccc2)(C2CCCCCCC2)O1. The minimum Gasteiger partial charge on any atom is -0.505 e. The second-order valence-corrected chi connectivity index (χ2v) is 7.09. The highest BCUT2D eigenvalue weighted by atomic mass is 16.8. The van der Waals surface area contributed by atoms with Gasteiger partial charge in [0.25, 0.3) is 5.97 Å². The summed E-state index contributed by atoms with van der Waals surface area (Å²) in [4.78, 5) is 11.4. The van der Waals surface area contributed by atoms with E-state index in [1.165, 1.54) is 39.0 Å². The largest absolute Gasteiger partial charge is 0.790 e. The van der Waals surface area contributed by atoms with Crippen molar-refractivity contribution in [3.63, 3.8) is 0 Å². The van der Waals surface area contributed by atoms with Crippen molar-refractivity contribution in [2.24, 2.45) is 5.92 Å². The highest BCUT2D eigenvalue weighted by Gasteiger charge is 2.49. The van der Waals surface area contributed by atoms with E-state index >= 15 is 0 Å². The maximum absolute atomic E-state index is 11.4. The fraction of sp³-hybridized carbons (Fsp3) is 0.550. The third-order valence-corrected chi connectivity index (χ3v) is 5.19. The Bertz CT molecular complexity index is 607. The molecule has 0 amide bonds. The Morgan fingerprint density at radius 2 is 1.76 bits per heavy atom. The molecule has 0 N–H and O–H groups in total. The van der Waals surface area contributed by atoms with Gasteiger partial charge in [-0.1, -0.05) is 62.4 Å². The van der Waals surface area contributed by atoms with Gasteiger partial charge in [-0.25, -0.2) is 0 Å². The van der Waals surface area contributed by atoms with Gasteiger partial charge in [0.1, 0.15) is 5.60 Å². The monoisotopic (exact) mass is 342 g/mol. The summed E-state index contributed by atoms with van der Waals surface area (Å²) in [6.07, 6.45) is 10.6. The molecule has 0 radical (unpaired) electrons. The van der Waals surface area contributed by atoms with Crippen molar-refractivity contribution in [3.8, 4) is 0 Å². The molecule has 1 unspecified atom stereocenters. The molecule has 1 aromatic rings. The highest BCUT2D eigenvalue weighted by molar-refractivity contribution is 6.40. The van der Waals surface area contributed by atoms with Gasteiger partial charge >= 0.3 is 7.32 Å². The number of allylic oxidation sites excluding steroid dienone is 1. The van der Waals surface area contributed by atoms with Gasteiger partial charge in [-0.2, -0.15) is 0 Å². The molecule has 5 heteroatoms. The van der Waals surface area contributed by atoms with Crippen molar-refractivity contribution < 1.29 is 18.8 Å². The van der Waals surface area contributed by atoms with Crippen LogP contribution in [0, 0.1) is 5.92 Å². The predicted molar refractivity (Wildman–Crippen MR) is 97.4 cm³/mol. The molecule has 0 aromatic heterocycles. The molecule has 0 bridgehead atoms. The molecule has 134 valence electrons. The van der Waals surface area contributed by atoms with Crippen LogP contribution in [0.4, 0.5) is 0 Å². The summed E-state index contributed by atoms with van der Waals surface area (Å²) in [5.74, 6) is 0.676. The third-order valence-electron chi connectivity index (χ3n) is 5.19. The quantitative estimate of drug-likeness (QED) is 0.744. The molecule has 0 saturated heterocycles. The van der Waals surface area contributed by atoms with Crippen molar-refractivity contribution in [1.82, 2.24) is 0 Å². The summed E-state index contributed by atoms with van der Waals surface area (Å²) < 4.78 is 17.2. The van der Waals surface area contributed by atoms with Crippen molar-refractivity contribution in [1.29, 1.82) is 0 Å². The van der Waals surface area contributed by atoms with Crippen LogP contribution in [0.25, 0.3) is 0 Å². The van der Waals surface area contributed by atoms with Gasteiger partial charge in [0.15, 0.2) is 0 Å². The van der Waals surface area contributed by atoms with Gasteiger partial charge in [-0.3, -0.25) is 4.79 Å². The lowest BCUT2D eigenvalue weighted by Crippen LogP contribution is -2.47. The summed E-state index contributed by atoms with van der Waals surface area (Å²) in [7, 11) is -0.992. The first-order valence-corrected chi connectivity index (χ1v) is 9.37. The standard InChI is InChI=1S/C20H27BO4/c1-16-15-20(19-13-9-6-10-14-19,25-21(23-16)24-17(2)22)18-11-7-4-3-5-8-12-18/h6,9-10,13-15,18H,3-5,7-8,11-12H2,1-2H3. The normalized spacial score (nSPS) is 25.4. The third kappa shape index (κ3) is 4.27. The van der Waals surface area contributed by atoms with E-state index in [-0.39, 0.29) is 0 Å². The molecule has 1 aromatic carbocycles. The van der Waals surface area contributed by atoms with Crippen molar-refractivity contribution >= 4 is 13.3 Å². The fourth-order valence-electron chi connectivity index (χ4n) is 4.07. The lowest BCUT2D eigenvalue weighted by Gasteiger charge is -2.43. The van der Waals surface area contributed by atoms with Crippen molar-refractivity contribution in [2.75, 3.05) is 0 Å². The number of rotatable bonds is 3. The Labute approximate surface area is 150 Å². The van der Waals surface area contributed by atoms with Crippen molar-refractivity contribution in [2.45, 2.75) is 64.4 Å². The van der Waals surface area contributed by atoms with Crippen LogP contribution in [0.1, 0.15) is 64.4 Å². The number of carbonyl (C=O) groups excluding carboxylic acids is 1. The topological polar surface area (TPSA) is 44.8 Å². The first-order chi connectivity index (χ1) is 12.1. The molecule has 25 heavy (non-hydrogen) atoms. The Morgan fingerprint density at radius 1 is 1.12 bits per heavy atom. The molecule has 3 rings (SSSR count). The fourth-order valence-corrected chi connectivity index (χ4v) is 4.07. The lowest BCUT2D eigenvalue weighted by molar-refractivity contribution is -0.137. The molecular weight excluding hydrogens is 315 g/mol. The minimum atomic E-state index is -0.992. The van der Waals surface area contributed by atoms with E-state index in [0.29, 0.717) is 5.92 Å². The lowest BCUT2D eigenvalue weighted by atomic mass is 9.73. The van der Waals surface area contributed by atoms with Crippen molar-refractivity contribution in [3.05, 3.63) is 47.7 Å². The van der Waals surface area contributed by atoms with E-state index in [9.17, 15) is 4.79 Å². The smallest absolute Gasteiger partial charge is 0.505 e. The van der Waals surface area contributed by atoms with Gasteiger partial charge in [0.2, 0.25) is 0 Å². The first-order valence-electron chi connectivity index (χ1n) is 9.37. The van der Waals surface area contributed by atoms with Crippen LogP contribution in [0.2, 0.25) is 0 Å². The zero-order valence-electron chi connectivity index (χ0n) is 15.2. The average Bonchev–Trinajstić information content (AvgIpc) is 2.54. The van der Waals surface area contributed by atoms with Gasteiger partial charge in [0, 0.05) is 6.92 Å². The molecule has 2 aliphatic rings.